The molecule has 2 aliphatic heterocycles. The Kier molecular flexibility index (Phi) is 4.40. The predicted octanol–water partition coefficient (Wildman–Crippen LogP) is 2.22. The summed E-state index contributed by atoms with van der Waals surface area (Å²) >= 11 is 0. The van der Waals surface area contributed by atoms with Crippen LogP contribution in [0.2, 0.25) is 0 Å². The van der Waals surface area contributed by atoms with Crippen LogP contribution in [-0.2, 0) is 4.79 Å². The number of rotatable bonds is 4. The topological polar surface area (TPSA) is 84.6 Å². The molecule has 0 aromatic carbocycles. The average Bonchev–Trinajstić information content (AvgIpc) is 3.41. The third-order valence-corrected chi connectivity index (χ3v) is 5.73. The van der Waals surface area contributed by atoms with Gasteiger partial charge in [-0.15, -0.1) is 0 Å². The molecule has 7 heteroatoms. The first-order valence-electron chi connectivity index (χ1n) is 9.80. The second-order valence-corrected chi connectivity index (χ2v) is 8.37. The summed E-state index contributed by atoms with van der Waals surface area (Å²) in [5.74, 6) is 1.95. The van der Waals surface area contributed by atoms with Crippen LogP contribution in [-0.4, -0.2) is 52.6 Å². The molecule has 0 radical (unpaired) electrons. The van der Waals surface area contributed by atoms with E-state index in [1.54, 1.807) is 0 Å². The molecule has 1 aliphatic carbocycles. The van der Waals surface area contributed by atoms with E-state index in [1.807, 2.05) is 19.9 Å². The number of carbonyl (C=O) groups excluding carboxylic acids is 1. The third-order valence-electron chi connectivity index (χ3n) is 5.73. The van der Waals surface area contributed by atoms with E-state index >= 15 is 0 Å². The molecule has 3 aliphatic rings. The molecule has 0 bridgehead atoms. The lowest BCUT2D eigenvalue weighted by molar-refractivity contribution is -0.138. The van der Waals surface area contributed by atoms with E-state index in [-0.39, 0.29) is 17.5 Å². The number of amides is 1. The largest absolute Gasteiger partial charge is 0.475 e. The summed E-state index contributed by atoms with van der Waals surface area (Å²) in [5, 5.41) is 0. The molecule has 2 N–H and O–H groups in total. The highest BCUT2D eigenvalue weighted by atomic mass is 16.5. The molecular formula is C19H29N5O2. The zero-order chi connectivity index (χ0) is 18.3. The van der Waals surface area contributed by atoms with E-state index < -0.39 is 0 Å². The van der Waals surface area contributed by atoms with Gasteiger partial charge in [-0.3, -0.25) is 4.79 Å². The van der Waals surface area contributed by atoms with Crippen LogP contribution < -0.4 is 15.4 Å². The van der Waals surface area contributed by atoms with Crippen molar-refractivity contribution in [2.45, 2.75) is 64.5 Å². The molecule has 7 nitrogen and oxygen atoms in total. The maximum Gasteiger partial charge on any atom is 0.225 e. The number of hydrogen-bond donors (Lipinski definition) is 1. The maximum absolute atomic E-state index is 12.3. The van der Waals surface area contributed by atoms with E-state index in [1.165, 1.54) is 19.3 Å². The number of nitrogens with zero attached hydrogens (tertiary/aromatic N) is 4. The highest BCUT2D eigenvalue weighted by Crippen LogP contribution is 2.43. The van der Waals surface area contributed by atoms with E-state index in [0.717, 1.165) is 38.3 Å². The Balaban J connectivity index is 1.53. The number of ether oxygens (including phenoxy) is 1. The van der Waals surface area contributed by atoms with Crippen LogP contribution in [0.1, 0.15) is 52.4 Å². The number of likely N-dealkylation sites (tertiary alicyclic amines) is 1. The summed E-state index contributed by atoms with van der Waals surface area (Å²) in [5.41, 5.74) is 6.09. The monoisotopic (exact) mass is 359 g/mol. The van der Waals surface area contributed by atoms with Crippen LogP contribution in [0.5, 0.6) is 5.88 Å². The second-order valence-electron chi connectivity index (χ2n) is 8.37. The molecule has 1 aromatic heterocycles. The van der Waals surface area contributed by atoms with Crippen LogP contribution in [0, 0.1) is 5.41 Å². The quantitative estimate of drug-likeness (QED) is 0.887. The van der Waals surface area contributed by atoms with Crippen molar-refractivity contribution in [1.82, 2.24) is 14.9 Å². The summed E-state index contributed by atoms with van der Waals surface area (Å²) in [4.78, 5) is 25.4. The molecule has 0 unspecified atom stereocenters. The molecule has 1 aromatic rings. The van der Waals surface area contributed by atoms with E-state index in [0.29, 0.717) is 24.2 Å². The van der Waals surface area contributed by atoms with Crippen LogP contribution in [0.15, 0.2) is 6.07 Å². The Bertz CT molecular complexity index is 691. The zero-order valence-electron chi connectivity index (χ0n) is 15.8. The lowest BCUT2D eigenvalue weighted by atomic mass is 9.73. The Morgan fingerprint density at radius 1 is 1.27 bits per heavy atom. The fraction of sp³-hybridized carbons (Fsp3) is 0.737. The molecule has 3 fully saturated rings. The fourth-order valence-electron chi connectivity index (χ4n) is 4.39. The number of carbonyl (C=O) groups is 1. The Morgan fingerprint density at radius 2 is 2.08 bits per heavy atom. The molecule has 142 valence electrons. The summed E-state index contributed by atoms with van der Waals surface area (Å²) in [6.45, 7) is 6.71. The molecule has 1 amide bonds. The van der Waals surface area contributed by atoms with Gasteiger partial charge in [0.05, 0.1) is 6.10 Å². The predicted molar refractivity (Wildman–Crippen MR) is 100 cm³/mol. The first kappa shape index (κ1) is 17.4. The van der Waals surface area contributed by atoms with Crippen molar-refractivity contribution >= 4 is 17.7 Å². The fourth-order valence-corrected chi connectivity index (χ4v) is 4.39. The van der Waals surface area contributed by atoms with Gasteiger partial charge in [0, 0.05) is 43.6 Å². The van der Waals surface area contributed by atoms with Gasteiger partial charge in [-0.1, -0.05) is 0 Å². The van der Waals surface area contributed by atoms with Crippen LogP contribution in [0.3, 0.4) is 0 Å². The van der Waals surface area contributed by atoms with E-state index in [9.17, 15) is 4.79 Å². The number of hydrogen-bond acceptors (Lipinski definition) is 6. The molecule has 1 atom stereocenters. The van der Waals surface area contributed by atoms with Gasteiger partial charge in [-0.2, -0.15) is 9.97 Å². The Morgan fingerprint density at radius 3 is 2.81 bits per heavy atom. The standard InChI is InChI=1S/C19H29N5O2/c1-13(2)26-16-10-15(21-18(20)22-16)23-9-3-7-19(11-23)8-6-17(25)24(12-19)14-4-5-14/h10,13-14H,3-9,11-12H2,1-2H3,(H2,20,21,22)/t19-/m1/s1. The summed E-state index contributed by atoms with van der Waals surface area (Å²) < 4.78 is 5.72. The number of piperidine rings is 2. The molecule has 1 saturated carbocycles. The van der Waals surface area contributed by atoms with Crippen molar-refractivity contribution in [3.05, 3.63) is 6.07 Å². The second kappa shape index (κ2) is 6.59. The number of anilines is 2. The van der Waals surface area contributed by atoms with Gasteiger partial charge in [-0.25, -0.2) is 0 Å². The van der Waals surface area contributed by atoms with Crippen molar-refractivity contribution < 1.29 is 9.53 Å². The minimum absolute atomic E-state index is 0.0429. The van der Waals surface area contributed by atoms with Gasteiger partial charge in [0.25, 0.3) is 0 Å². The lowest BCUT2D eigenvalue weighted by Gasteiger charge is -2.48. The van der Waals surface area contributed by atoms with Crippen molar-refractivity contribution in [2.24, 2.45) is 5.41 Å². The summed E-state index contributed by atoms with van der Waals surface area (Å²) in [6, 6.07) is 2.39. The number of nitrogen functional groups attached to an aromatic ring is 1. The van der Waals surface area contributed by atoms with Gasteiger partial charge in [0.15, 0.2) is 0 Å². The van der Waals surface area contributed by atoms with Crippen molar-refractivity contribution in [1.29, 1.82) is 0 Å². The maximum atomic E-state index is 12.3. The zero-order valence-corrected chi connectivity index (χ0v) is 15.8. The minimum atomic E-state index is 0.0429. The van der Waals surface area contributed by atoms with Gasteiger partial charge < -0.3 is 20.3 Å². The van der Waals surface area contributed by atoms with Gasteiger partial charge in [0.2, 0.25) is 17.7 Å². The first-order valence-corrected chi connectivity index (χ1v) is 9.80. The van der Waals surface area contributed by atoms with Crippen LogP contribution in [0.4, 0.5) is 11.8 Å². The minimum Gasteiger partial charge on any atom is -0.475 e. The van der Waals surface area contributed by atoms with Crippen molar-refractivity contribution in [3.63, 3.8) is 0 Å². The van der Waals surface area contributed by atoms with Crippen LogP contribution in [0.25, 0.3) is 0 Å². The molecule has 4 rings (SSSR count). The molecule has 3 heterocycles. The van der Waals surface area contributed by atoms with E-state index in [4.69, 9.17) is 10.5 Å². The SMILES string of the molecule is CC(C)Oc1cc(N2CCC[C@@]3(CCC(=O)N(C4CC4)C3)C2)nc(N)n1. The van der Waals surface area contributed by atoms with E-state index in [2.05, 4.69) is 19.8 Å². The number of aromatic nitrogens is 2. The van der Waals surface area contributed by atoms with Gasteiger partial charge >= 0.3 is 0 Å². The first-order chi connectivity index (χ1) is 12.4. The normalized spacial score (nSPS) is 26.7. The lowest BCUT2D eigenvalue weighted by Crippen LogP contribution is -2.54. The molecule has 2 saturated heterocycles. The smallest absolute Gasteiger partial charge is 0.225 e. The van der Waals surface area contributed by atoms with Gasteiger partial charge in [0.1, 0.15) is 5.82 Å². The van der Waals surface area contributed by atoms with Crippen molar-refractivity contribution in [2.75, 3.05) is 30.3 Å². The Labute approximate surface area is 154 Å². The number of nitrogens with two attached hydrogens (primary N) is 1. The summed E-state index contributed by atoms with van der Waals surface area (Å²) in [6.07, 6.45) is 6.32. The van der Waals surface area contributed by atoms with Crippen LogP contribution >= 0.6 is 0 Å². The average molecular weight is 359 g/mol. The van der Waals surface area contributed by atoms with Gasteiger partial charge in [-0.05, 0) is 46.0 Å². The highest BCUT2D eigenvalue weighted by Gasteiger charge is 2.45. The highest BCUT2D eigenvalue weighted by molar-refractivity contribution is 5.78. The summed E-state index contributed by atoms with van der Waals surface area (Å²) in [7, 11) is 0. The third kappa shape index (κ3) is 3.57. The molecular weight excluding hydrogens is 330 g/mol. The molecule has 26 heavy (non-hydrogen) atoms. The Hall–Kier alpha value is -2.05. The van der Waals surface area contributed by atoms with Crippen molar-refractivity contribution in [3.8, 4) is 5.88 Å². The molecule has 1 spiro atoms.